The third kappa shape index (κ3) is 3.91. The van der Waals surface area contributed by atoms with Crippen molar-refractivity contribution in [2.45, 2.75) is 38.6 Å². The highest BCUT2D eigenvalue weighted by Crippen LogP contribution is 2.19. The van der Waals surface area contributed by atoms with E-state index in [0.29, 0.717) is 6.42 Å². The molecule has 2 aromatic rings. The van der Waals surface area contributed by atoms with E-state index in [-0.39, 0.29) is 16.5 Å². The Hall–Kier alpha value is -1.44. The fourth-order valence-electron chi connectivity index (χ4n) is 2.44. The molecular formula is C15H19ClFN3O2S. The van der Waals surface area contributed by atoms with E-state index in [1.165, 1.54) is 6.07 Å². The minimum atomic E-state index is -3.72. The number of nitrogens with zero attached hydrogens (tertiary/aromatic N) is 2. The number of aryl methyl sites for hydroxylation is 2. The lowest BCUT2D eigenvalue weighted by Crippen LogP contribution is -2.26. The summed E-state index contributed by atoms with van der Waals surface area (Å²) in [6.07, 6.45) is 0.534. The number of hydrogen-bond acceptors (Lipinski definition) is 3. The van der Waals surface area contributed by atoms with Crippen molar-refractivity contribution in [1.29, 1.82) is 0 Å². The van der Waals surface area contributed by atoms with Crippen molar-refractivity contribution in [3.63, 3.8) is 0 Å². The van der Waals surface area contributed by atoms with Crippen LogP contribution in [0.5, 0.6) is 0 Å². The lowest BCUT2D eigenvalue weighted by Gasteiger charge is -2.08. The molecule has 0 bridgehead atoms. The van der Waals surface area contributed by atoms with Crippen LogP contribution in [0.15, 0.2) is 23.1 Å². The van der Waals surface area contributed by atoms with Crippen LogP contribution in [0, 0.1) is 19.7 Å². The third-order valence-corrected chi connectivity index (χ3v) is 5.45. The summed E-state index contributed by atoms with van der Waals surface area (Å²) in [6.45, 7) is 6.88. The first-order valence-corrected chi connectivity index (χ1v) is 9.10. The van der Waals surface area contributed by atoms with Gasteiger partial charge in [-0.2, -0.15) is 5.10 Å². The Balaban J connectivity index is 2.08. The number of rotatable bonds is 6. The van der Waals surface area contributed by atoms with Gasteiger partial charge in [0, 0.05) is 18.8 Å². The average molecular weight is 360 g/mol. The molecule has 126 valence electrons. The van der Waals surface area contributed by atoms with Crippen LogP contribution in [0.3, 0.4) is 0 Å². The molecule has 1 heterocycles. The van der Waals surface area contributed by atoms with Crippen LogP contribution in [0.25, 0.3) is 0 Å². The van der Waals surface area contributed by atoms with Crippen molar-refractivity contribution in [2.75, 3.05) is 6.54 Å². The topological polar surface area (TPSA) is 64.0 Å². The predicted molar refractivity (Wildman–Crippen MR) is 87.7 cm³/mol. The Morgan fingerprint density at radius 1 is 1.35 bits per heavy atom. The third-order valence-electron chi connectivity index (χ3n) is 3.70. The van der Waals surface area contributed by atoms with Gasteiger partial charge in [0.15, 0.2) is 0 Å². The van der Waals surface area contributed by atoms with Gasteiger partial charge in [0.2, 0.25) is 10.0 Å². The number of sulfonamides is 1. The molecule has 0 unspecified atom stereocenters. The van der Waals surface area contributed by atoms with E-state index in [0.717, 1.165) is 35.6 Å². The second-order valence-electron chi connectivity index (χ2n) is 5.19. The highest BCUT2D eigenvalue weighted by atomic mass is 35.5. The molecule has 0 radical (unpaired) electrons. The molecule has 0 aliphatic rings. The second kappa shape index (κ2) is 6.98. The van der Waals surface area contributed by atoms with Crippen molar-refractivity contribution in [3.8, 4) is 0 Å². The van der Waals surface area contributed by atoms with Gasteiger partial charge in [0.05, 0.1) is 15.6 Å². The van der Waals surface area contributed by atoms with E-state index in [4.69, 9.17) is 11.6 Å². The van der Waals surface area contributed by atoms with Gasteiger partial charge in [-0.05, 0) is 51.0 Å². The molecule has 5 nitrogen and oxygen atoms in total. The molecule has 0 spiro atoms. The summed E-state index contributed by atoms with van der Waals surface area (Å²) in [4.78, 5) is -0.0541. The zero-order valence-corrected chi connectivity index (χ0v) is 14.8. The summed E-state index contributed by atoms with van der Waals surface area (Å²) >= 11 is 5.63. The Bertz CT molecular complexity index is 818. The number of benzene rings is 1. The molecule has 1 N–H and O–H groups in total. The maximum absolute atomic E-state index is 13.1. The molecule has 0 aliphatic heterocycles. The number of halogens is 2. The highest BCUT2D eigenvalue weighted by Gasteiger charge is 2.17. The standard InChI is InChI=1S/C15H19ClFN3O2S/c1-4-20-11(3)13(10(2)19-20)7-8-18-23(21,22)12-5-6-15(17)14(16)9-12/h5-6,9,18H,4,7-8H2,1-3H3. The van der Waals surface area contributed by atoms with Crippen LogP contribution < -0.4 is 4.72 Å². The Kier molecular flexibility index (Phi) is 5.44. The molecule has 0 saturated heterocycles. The summed E-state index contributed by atoms with van der Waals surface area (Å²) in [7, 11) is -3.72. The molecule has 0 saturated carbocycles. The number of hydrogen-bond donors (Lipinski definition) is 1. The fourth-order valence-corrected chi connectivity index (χ4v) is 3.74. The van der Waals surface area contributed by atoms with Gasteiger partial charge in [0.25, 0.3) is 0 Å². The molecule has 2 rings (SSSR count). The quantitative estimate of drug-likeness (QED) is 0.862. The van der Waals surface area contributed by atoms with Crippen LogP contribution in [-0.2, 0) is 23.0 Å². The smallest absolute Gasteiger partial charge is 0.240 e. The van der Waals surface area contributed by atoms with Gasteiger partial charge in [-0.25, -0.2) is 17.5 Å². The molecule has 1 aromatic carbocycles. The second-order valence-corrected chi connectivity index (χ2v) is 7.36. The largest absolute Gasteiger partial charge is 0.270 e. The monoisotopic (exact) mass is 359 g/mol. The summed E-state index contributed by atoms with van der Waals surface area (Å²) in [5, 5.41) is 4.18. The molecule has 0 atom stereocenters. The zero-order chi connectivity index (χ0) is 17.2. The normalized spacial score (nSPS) is 11.9. The van der Waals surface area contributed by atoms with E-state index in [9.17, 15) is 12.8 Å². The molecule has 23 heavy (non-hydrogen) atoms. The van der Waals surface area contributed by atoms with Gasteiger partial charge >= 0.3 is 0 Å². The van der Waals surface area contributed by atoms with E-state index < -0.39 is 15.8 Å². The van der Waals surface area contributed by atoms with E-state index in [1.807, 2.05) is 25.5 Å². The van der Waals surface area contributed by atoms with Gasteiger partial charge in [-0.15, -0.1) is 0 Å². The molecule has 0 aliphatic carbocycles. The van der Waals surface area contributed by atoms with Crippen molar-refractivity contribution in [2.24, 2.45) is 0 Å². The first kappa shape index (κ1) is 17.9. The van der Waals surface area contributed by atoms with E-state index >= 15 is 0 Å². The van der Waals surface area contributed by atoms with Crippen molar-refractivity contribution < 1.29 is 12.8 Å². The maximum Gasteiger partial charge on any atom is 0.240 e. The van der Waals surface area contributed by atoms with Crippen molar-refractivity contribution in [3.05, 3.63) is 46.0 Å². The number of aromatic nitrogens is 2. The first-order chi connectivity index (χ1) is 10.8. The lowest BCUT2D eigenvalue weighted by molar-refractivity contribution is 0.580. The molecule has 1 aromatic heterocycles. The minimum Gasteiger partial charge on any atom is -0.270 e. The van der Waals surface area contributed by atoms with E-state index in [2.05, 4.69) is 9.82 Å². The number of nitrogens with one attached hydrogen (secondary N) is 1. The Labute approximate surface area is 140 Å². The van der Waals surface area contributed by atoms with Crippen LogP contribution in [0.2, 0.25) is 5.02 Å². The SMILES string of the molecule is CCn1nc(C)c(CCNS(=O)(=O)c2ccc(F)c(Cl)c2)c1C. The van der Waals surface area contributed by atoms with Gasteiger partial charge in [-0.3, -0.25) is 4.68 Å². The van der Waals surface area contributed by atoms with Gasteiger partial charge in [-0.1, -0.05) is 11.6 Å². The Morgan fingerprint density at radius 2 is 2.04 bits per heavy atom. The van der Waals surface area contributed by atoms with Crippen molar-refractivity contribution >= 4 is 21.6 Å². The first-order valence-electron chi connectivity index (χ1n) is 7.24. The zero-order valence-electron chi connectivity index (χ0n) is 13.2. The molecular weight excluding hydrogens is 341 g/mol. The molecule has 8 heteroatoms. The van der Waals surface area contributed by atoms with Crippen LogP contribution in [-0.4, -0.2) is 24.7 Å². The highest BCUT2D eigenvalue weighted by molar-refractivity contribution is 7.89. The molecule has 0 fully saturated rings. The summed E-state index contributed by atoms with van der Waals surface area (Å²) in [6, 6.07) is 3.33. The van der Waals surface area contributed by atoms with E-state index in [1.54, 1.807) is 0 Å². The predicted octanol–water partition coefficient (Wildman–Crippen LogP) is 2.83. The van der Waals surface area contributed by atoms with Gasteiger partial charge in [0.1, 0.15) is 5.82 Å². The minimum absolute atomic E-state index is 0.0541. The lowest BCUT2D eigenvalue weighted by atomic mass is 10.1. The summed E-state index contributed by atoms with van der Waals surface area (Å²) in [5.41, 5.74) is 2.97. The van der Waals surface area contributed by atoms with Crippen LogP contribution in [0.4, 0.5) is 4.39 Å². The average Bonchev–Trinajstić information content (AvgIpc) is 2.77. The Morgan fingerprint density at radius 3 is 2.61 bits per heavy atom. The fraction of sp³-hybridized carbons (Fsp3) is 0.400. The summed E-state index contributed by atoms with van der Waals surface area (Å²) < 4.78 is 41.9. The van der Waals surface area contributed by atoms with Crippen LogP contribution in [0.1, 0.15) is 23.9 Å². The molecule has 0 amide bonds. The summed E-state index contributed by atoms with van der Waals surface area (Å²) in [5.74, 6) is -0.649. The maximum atomic E-state index is 13.1. The van der Waals surface area contributed by atoms with Gasteiger partial charge < -0.3 is 0 Å². The van der Waals surface area contributed by atoms with Crippen molar-refractivity contribution in [1.82, 2.24) is 14.5 Å². The van der Waals surface area contributed by atoms with Crippen LogP contribution >= 0.6 is 11.6 Å².